The molecule has 166 valence electrons. The molecular formula is C22H32N2O5S. The van der Waals surface area contributed by atoms with Gasteiger partial charge in [-0.3, -0.25) is 14.4 Å². The van der Waals surface area contributed by atoms with Gasteiger partial charge in [-0.1, -0.05) is 32.1 Å². The zero-order valence-electron chi connectivity index (χ0n) is 17.6. The van der Waals surface area contributed by atoms with Crippen LogP contribution in [0.3, 0.4) is 0 Å². The highest BCUT2D eigenvalue weighted by Crippen LogP contribution is 2.66. The first-order valence-electron chi connectivity index (χ1n) is 10.7. The summed E-state index contributed by atoms with van der Waals surface area (Å²) in [4.78, 5) is 43.2. The van der Waals surface area contributed by atoms with Crippen molar-refractivity contribution in [1.82, 2.24) is 9.80 Å². The second-order valence-corrected chi connectivity index (χ2v) is 9.76. The first-order chi connectivity index (χ1) is 14.5. The second-order valence-electron chi connectivity index (χ2n) is 8.16. The van der Waals surface area contributed by atoms with Crippen molar-refractivity contribution in [1.29, 1.82) is 0 Å². The number of likely N-dealkylation sites (tertiary alicyclic amines) is 1. The number of rotatable bonds is 11. The van der Waals surface area contributed by atoms with E-state index in [4.69, 9.17) is 4.74 Å². The summed E-state index contributed by atoms with van der Waals surface area (Å²) in [6.07, 6.45) is 6.50. The van der Waals surface area contributed by atoms with Gasteiger partial charge < -0.3 is 19.6 Å². The van der Waals surface area contributed by atoms with E-state index in [0.717, 1.165) is 19.3 Å². The largest absolute Gasteiger partial charge is 0.461 e. The summed E-state index contributed by atoms with van der Waals surface area (Å²) in [5.74, 6) is -1.86. The molecule has 1 N–H and O–H groups in total. The van der Waals surface area contributed by atoms with Gasteiger partial charge in [0.15, 0.2) is 0 Å². The third kappa shape index (κ3) is 3.68. The highest BCUT2D eigenvalue weighted by atomic mass is 32.2. The third-order valence-electron chi connectivity index (χ3n) is 6.43. The highest BCUT2D eigenvalue weighted by molar-refractivity contribution is 8.02. The van der Waals surface area contributed by atoms with Gasteiger partial charge in [0.05, 0.1) is 23.2 Å². The van der Waals surface area contributed by atoms with Crippen LogP contribution in [0.1, 0.15) is 32.6 Å². The summed E-state index contributed by atoms with van der Waals surface area (Å²) >= 11 is 1.60. The van der Waals surface area contributed by atoms with Crippen LogP contribution in [0.15, 0.2) is 25.3 Å². The molecule has 3 heterocycles. The van der Waals surface area contributed by atoms with Crippen LogP contribution < -0.4 is 0 Å². The van der Waals surface area contributed by atoms with Crippen molar-refractivity contribution in [3.05, 3.63) is 25.3 Å². The minimum atomic E-state index is -0.675. The van der Waals surface area contributed by atoms with E-state index in [0.29, 0.717) is 19.5 Å². The third-order valence-corrected chi connectivity index (χ3v) is 8.39. The summed E-state index contributed by atoms with van der Waals surface area (Å²) in [6.45, 7) is 10.4. The van der Waals surface area contributed by atoms with Crippen LogP contribution in [-0.4, -0.2) is 81.6 Å². The Morgan fingerprint density at radius 2 is 2.17 bits per heavy atom. The molecule has 3 fully saturated rings. The maximum absolute atomic E-state index is 13.7. The number of carbonyl (C=O) groups excluding carboxylic acids is 3. The number of hydrogen-bond donors (Lipinski definition) is 1. The number of amides is 2. The van der Waals surface area contributed by atoms with Crippen LogP contribution in [-0.2, 0) is 19.1 Å². The molecule has 3 aliphatic heterocycles. The predicted octanol–water partition coefficient (Wildman–Crippen LogP) is 1.61. The number of aliphatic hydroxyl groups is 1. The number of thioether (sulfide) groups is 1. The Labute approximate surface area is 182 Å². The zero-order valence-corrected chi connectivity index (χ0v) is 18.4. The number of nitrogens with zero attached hydrogens (tertiary/aromatic N) is 2. The van der Waals surface area contributed by atoms with Gasteiger partial charge in [-0.2, -0.15) is 0 Å². The highest BCUT2D eigenvalue weighted by Gasteiger charge is 2.74. The van der Waals surface area contributed by atoms with Crippen LogP contribution in [0.2, 0.25) is 0 Å². The van der Waals surface area contributed by atoms with Gasteiger partial charge in [-0.05, 0) is 19.3 Å². The van der Waals surface area contributed by atoms with Crippen LogP contribution in [0.25, 0.3) is 0 Å². The standard InChI is InChI=1S/C22H32N2O5S/c1-4-7-11-23(10-5-2)20(27)18-22-9-8-15(30-22)16(21(28)29-14-6-3)17(22)19(26)24(18)12-13-25/h5-6,15-18,25H,2-4,7-14H2,1H3/t15-,16+,17+,18?,22?/m1/s1. The fourth-order valence-electron chi connectivity index (χ4n) is 5.26. The van der Waals surface area contributed by atoms with E-state index >= 15 is 0 Å². The van der Waals surface area contributed by atoms with Crippen molar-refractivity contribution in [2.75, 3.05) is 32.8 Å². The molecule has 5 atom stereocenters. The number of esters is 1. The average Bonchev–Trinajstić information content (AvgIpc) is 3.37. The first-order valence-corrected chi connectivity index (χ1v) is 11.6. The molecule has 0 aromatic heterocycles. The van der Waals surface area contributed by atoms with Gasteiger partial charge in [-0.15, -0.1) is 18.3 Å². The monoisotopic (exact) mass is 436 g/mol. The van der Waals surface area contributed by atoms with Crippen LogP contribution in [0.5, 0.6) is 0 Å². The summed E-state index contributed by atoms with van der Waals surface area (Å²) in [5.41, 5.74) is 0. The minimum Gasteiger partial charge on any atom is -0.461 e. The zero-order chi connectivity index (χ0) is 21.9. The lowest BCUT2D eigenvalue weighted by Crippen LogP contribution is -2.55. The predicted molar refractivity (Wildman–Crippen MR) is 116 cm³/mol. The van der Waals surface area contributed by atoms with E-state index in [2.05, 4.69) is 20.1 Å². The molecule has 2 bridgehead atoms. The van der Waals surface area contributed by atoms with Crippen molar-refractivity contribution in [2.24, 2.45) is 11.8 Å². The molecule has 0 saturated carbocycles. The second kappa shape index (κ2) is 9.56. The van der Waals surface area contributed by atoms with Crippen molar-refractivity contribution in [2.45, 2.75) is 48.6 Å². The number of carbonyl (C=O) groups is 3. The van der Waals surface area contributed by atoms with Crippen molar-refractivity contribution in [3.63, 3.8) is 0 Å². The molecule has 0 aromatic carbocycles. The van der Waals surface area contributed by atoms with E-state index in [1.807, 2.05) is 0 Å². The molecule has 2 unspecified atom stereocenters. The number of fused-ring (bicyclic) bond motifs is 1. The molecule has 3 saturated heterocycles. The lowest BCUT2D eigenvalue weighted by atomic mass is 9.71. The molecule has 0 aliphatic carbocycles. The van der Waals surface area contributed by atoms with Crippen molar-refractivity contribution in [3.8, 4) is 0 Å². The lowest BCUT2D eigenvalue weighted by Gasteiger charge is -2.37. The fourth-order valence-corrected chi connectivity index (χ4v) is 7.46. The number of hydrogen-bond acceptors (Lipinski definition) is 6. The molecular weight excluding hydrogens is 404 g/mol. The molecule has 30 heavy (non-hydrogen) atoms. The normalized spacial score (nSPS) is 31.5. The van der Waals surface area contributed by atoms with Crippen molar-refractivity contribution >= 4 is 29.5 Å². The van der Waals surface area contributed by atoms with Gasteiger partial charge in [-0.25, -0.2) is 0 Å². The molecule has 7 nitrogen and oxygen atoms in total. The molecule has 8 heteroatoms. The Morgan fingerprint density at radius 1 is 1.40 bits per heavy atom. The maximum atomic E-state index is 13.7. The quantitative estimate of drug-likeness (QED) is 0.391. The fraction of sp³-hybridized carbons (Fsp3) is 0.682. The molecule has 3 aliphatic rings. The van der Waals surface area contributed by atoms with Gasteiger partial charge in [0.25, 0.3) is 0 Å². The smallest absolute Gasteiger partial charge is 0.311 e. The summed E-state index contributed by atoms with van der Waals surface area (Å²) in [6, 6.07) is -0.675. The summed E-state index contributed by atoms with van der Waals surface area (Å²) in [5, 5.41) is 9.58. The van der Waals surface area contributed by atoms with Gasteiger partial charge >= 0.3 is 5.97 Å². The van der Waals surface area contributed by atoms with Crippen molar-refractivity contribution < 1.29 is 24.2 Å². The number of unbranched alkanes of at least 4 members (excludes halogenated alkanes) is 1. The van der Waals surface area contributed by atoms with Crippen LogP contribution in [0.4, 0.5) is 0 Å². The molecule has 3 rings (SSSR count). The van der Waals surface area contributed by atoms with Crippen LogP contribution >= 0.6 is 11.8 Å². The molecule has 1 spiro atoms. The van der Waals surface area contributed by atoms with E-state index in [9.17, 15) is 19.5 Å². The minimum absolute atomic E-state index is 0.0219. The van der Waals surface area contributed by atoms with Gasteiger partial charge in [0.1, 0.15) is 12.6 Å². The average molecular weight is 437 g/mol. The van der Waals surface area contributed by atoms with E-state index in [1.165, 1.54) is 11.0 Å². The number of aliphatic hydroxyl groups excluding tert-OH is 1. The van der Waals surface area contributed by atoms with Gasteiger partial charge in [0, 0.05) is 24.9 Å². The van der Waals surface area contributed by atoms with Gasteiger partial charge in [0.2, 0.25) is 11.8 Å². The Morgan fingerprint density at radius 3 is 2.80 bits per heavy atom. The maximum Gasteiger partial charge on any atom is 0.311 e. The Bertz CT molecular complexity index is 714. The molecule has 2 amide bonds. The lowest BCUT2D eigenvalue weighted by molar-refractivity contribution is -0.153. The molecule has 0 radical (unpaired) electrons. The van der Waals surface area contributed by atoms with E-state index in [-0.39, 0.29) is 36.8 Å². The number of ether oxygens (including phenoxy) is 1. The van der Waals surface area contributed by atoms with E-state index in [1.54, 1.807) is 22.7 Å². The Kier molecular flexibility index (Phi) is 7.29. The number of β-amino-alcohol motifs (C(OH)–C–C–N with tert-alkyl or cyclic N) is 1. The summed E-state index contributed by atoms with van der Waals surface area (Å²) in [7, 11) is 0. The summed E-state index contributed by atoms with van der Waals surface area (Å²) < 4.78 is 4.67. The first kappa shape index (κ1) is 22.9. The Balaban J connectivity index is 1.95. The van der Waals surface area contributed by atoms with Crippen LogP contribution in [0, 0.1) is 11.8 Å². The topological polar surface area (TPSA) is 87.1 Å². The van der Waals surface area contributed by atoms with E-state index < -0.39 is 28.6 Å². The SMILES string of the molecule is C=CCOC(=O)[C@@H]1[C@H]2C(=O)N(CCO)C(C(=O)N(CC=C)CCCC)C23CC[C@H]1S3. The molecule has 0 aromatic rings. The Hall–Kier alpha value is -1.80.